The van der Waals surface area contributed by atoms with E-state index >= 15 is 0 Å². The Morgan fingerprint density at radius 1 is 1.07 bits per heavy atom. The van der Waals surface area contributed by atoms with Crippen LogP contribution in [0, 0.1) is 5.92 Å². The van der Waals surface area contributed by atoms with Gasteiger partial charge in [0.1, 0.15) is 0 Å². The van der Waals surface area contributed by atoms with Gasteiger partial charge in [-0.1, -0.05) is 46.0 Å². The predicted molar refractivity (Wildman–Crippen MR) is 66.9 cm³/mol. The van der Waals surface area contributed by atoms with Gasteiger partial charge in [-0.25, -0.2) is 0 Å². The van der Waals surface area contributed by atoms with Crippen LogP contribution < -0.4 is 11.1 Å². The summed E-state index contributed by atoms with van der Waals surface area (Å²) in [6, 6.07) is 1.05. The first-order valence-corrected chi connectivity index (χ1v) is 6.69. The van der Waals surface area contributed by atoms with Crippen LogP contribution in [0.3, 0.4) is 0 Å². The molecular weight excluding hydrogens is 184 g/mol. The Labute approximate surface area is 95.0 Å². The van der Waals surface area contributed by atoms with Crippen molar-refractivity contribution in [2.45, 2.75) is 70.9 Å². The second-order valence-electron chi connectivity index (χ2n) is 5.36. The molecule has 1 rings (SSSR count). The van der Waals surface area contributed by atoms with Crippen LogP contribution in [0.2, 0.25) is 0 Å². The molecule has 0 aliphatic heterocycles. The van der Waals surface area contributed by atoms with Gasteiger partial charge in [0, 0.05) is 18.6 Å². The lowest BCUT2D eigenvalue weighted by Gasteiger charge is -2.24. The summed E-state index contributed by atoms with van der Waals surface area (Å²) in [6.45, 7) is 5.39. The van der Waals surface area contributed by atoms with E-state index in [0.717, 1.165) is 12.6 Å². The average molecular weight is 212 g/mol. The van der Waals surface area contributed by atoms with Crippen LogP contribution in [0.5, 0.6) is 0 Å². The zero-order valence-electron chi connectivity index (χ0n) is 10.5. The lowest BCUT2D eigenvalue weighted by Crippen LogP contribution is -2.42. The van der Waals surface area contributed by atoms with Crippen molar-refractivity contribution in [3.8, 4) is 0 Å². The van der Waals surface area contributed by atoms with E-state index in [1.54, 1.807) is 0 Å². The molecule has 0 heterocycles. The molecule has 2 heteroatoms. The summed E-state index contributed by atoms with van der Waals surface area (Å²) in [6.07, 6.45) is 9.79. The van der Waals surface area contributed by atoms with E-state index in [-0.39, 0.29) is 0 Å². The molecule has 1 unspecified atom stereocenters. The van der Waals surface area contributed by atoms with Crippen molar-refractivity contribution >= 4 is 0 Å². The predicted octanol–water partition coefficient (Wildman–Crippen LogP) is 2.67. The van der Waals surface area contributed by atoms with Crippen molar-refractivity contribution in [1.82, 2.24) is 5.32 Å². The summed E-state index contributed by atoms with van der Waals surface area (Å²) < 4.78 is 0. The highest BCUT2D eigenvalue weighted by Gasteiger charge is 2.13. The lowest BCUT2D eigenvalue weighted by molar-refractivity contribution is 0.361. The molecule has 0 radical (unpaired) electrons. The monoisotopic (exact) mass is 212 g/mol. The van der Waals surface area contributed by atoms with Gasteiger partial charge in [-0.2, -0.15) is 0 Å². The first-order chi connectivity index (χ1) is 7.20. The fraction of sp³-hybridized carbons (Fsp3) is 1.00. The minimum atomic E-state index is 0.315. The van der Waals surface area contributed by atoms with Crippen molar-refractivity contribution in [3.63, 3.8) is 0 Å². The van der Waals surface area contributed by atoms with Crippen LogP contribution in [0.25, 0.3) is 0 Å². The Kier molecular flexibility index (Phi) is 6.26. The highest BCUT2D eigenvalue weighted by Crippen LogP contribution is 2.17. The minimum absolute atomic E-state index is 0.315. The van der Waals surface area contributed by atoms with Crippen LogP contribution in [0.1, 0.15) is 58.8 Å². The molecule has 15 heavy (non-hydrogen) atoms. The van der Waals surface area contributed by atoms with Crippen LogP contribution in [0.15, 0.2) is 0 Å². The summed E-state index contributed by atoms with van der Waals surface area (Å²) in [5.41, 5.74) is 6.04. The first-order valence-electron chi connectivity index (χ1n) is 6.69. The van der Waals surface area contributed by atoms with Gasteiger partial charge >= 0.3 is 0 Å². The van der Waals surface area contributed by atoms with E-state index in [2.05, 4.69) is 19.2 Å². The van der Waals surface area contributed by atoms with Crippen LogP contribution in [-0.4, -0.2) is 18.6 Å². The Bertz CT molecular complexity index is 149. The van der Waals surface area contributed by atoms with Gasteiger partial charge in [-0.3, -0.25) is 0 Å². The first kappa shape index (κ1) is 13.0. The molecule has 0 spiro atoms. The number of hydrogen-bond donors (Lipinski definition) is 2. The normalized spacial score (nSPS) is 22.4. The second-order valence-corrected chi connectivity index (χ2v) is 5.36. The molecule has 1 aliphatic rings. The zero-order valence-corrected chi connectivity index (χ0v) is 10.5. The maximum absolute atomic E-state index is 6.04. The van der Waals surface area contributed by atoms with Crippen molar-refractivity contribution in [2.24, 2.45) is 11.7 Å². The summed E-state index contributed by atoms with van der Waals surface area (Å²) in [5, 5.41) is 3.65. The molecule has 0 amide bonds. The van der Waals surface area contributed by atoms with Crippen LogP contribution in [0.4, 0.5) is 0 Å². The molecule has 0 aromatic heterocycles. The summed E-state index contributed by atoms with van der Waals surface area (Å²) >= 11 is 0. The van der Waals surface area contributed by atoms with E-state index in [0.29, 0.717) is 12.0 Å². The van der Waals surface area contributed by atoms with Gasteiger partial charge in [0.25, 0.3) is 0 Å². The molecular formula is C13H28N2. The van der Waals surface area contributed by atoms with Crippen molar-refractivity contribution < 1.29 is 0 Å². The van der Waals surface area contributed by atoms with Gasteiger partial charge in [0.05, 0.1) is 0 Å². The highest BCUT2D eigenvalue weighted by molar-refractivity contribution is 4.74. The molecule has 2 nitrogen and oxygen atoms in total. The fourth-order valence-electron chi connectivity index (χ4n) is 2.20. The molecule has 0 aromatic rings. The lowest BCUT2D eigenvalue weighted by atomic mass is 9.96. The molecule has 0 saturated heterocycles. The van der Waals surface area contributed by atoms with Gasteiger partial charge in [-0.05, 0) is 18.8 Å². The molecule has 1 aliphatic carbocycles. The van der Waals surface area contributed by atoms with E-state index < -0.39 is 0 Å². The van der Waals surface area contributed by atoms with Gasteiger partial charge in [0.15, 0.2) is 0 Å². The Hall–Kier alpha value is -0.0800. The summed E-state index contributed by atoms with van der Waals surface area (Å²) in [5.74, 6) is 0.589. The maximum atomic E-state index is 6.04. The zero-order chi connectivity index (χ0) is 11.1. The molecule has 0 aromatic carbocycles. The number of nitrogens with two attached hydrogens (primary N) is 1. The van der Waals surface area contributed by atoms with E-state index in [1.807, 2.05) is 0 Å². The third kappa shape index (κ3) is 5.53. The van der Waals surface area contributed by atoms with Crippen molar-refractivity contribution in [3.05, 3.63) is 0 Å². The van der Waals surface area contributed by atoms with E-state index in [4.69, 9.17) is 5.73 Å². The van der Waals surface area contributed by atoms with E-state index in [9.17, 15) is 0 Å². The topological polar surface area (TPSA) is 38.0 Å². The Balaban J connectivity index is 2.17. The van der Waals surface area contributed by atoms with E-state index in [1.165, 1.54) is 44.9 Å². The fourth-order valence-corrected chi connectivity index (χ4v) is 2.20. The molecule has 1 fully saturated rings. The molecule has 1 saturated carbocycles. The van der Waals surface area contributed by atoms with Gasteiger partial charge in [-0.15, -0.1) is 0 Å². The van der Waals surface area contributed by atoms with Gasteiger partial charge < -0.3 is 11.1 Å². The number of hydrogen-bond acceptors (Lipinski definition) is 2. The second kappa shape index (κ2) is 7.24. The SMILES string of the molecule is CC(C)C(N)CNC1CCCCCCC1. The smallest absolute Gasteiger partial charge is 0.0188 e. The minimum Gasteiger partial charge on any atom is -0.326 e. The maximum Gasteiger partial charge on any atom is 0.0188 e. The summed E-state index contributed by atoms with van der Waals surface area (Å²) in [7, 11) is 0. The molecule has 90 valence electrons. The quantitative estimate of drug-likeness (QED) is 0.752. The van der Waals surface area contributed by atoms with Crippen molar-refractivity contribution in [1.29, 1.82) is 0 Å². The van der Waals surface area contributed by atoms with Crippen LogP contribution >= 0.6 is 0 Å². The van der Waals surface area contributed by atoms with Gasteiger partial charge in [0.2, 0.25) is 0 Å². The standard InChI is InChI=1S/C13H28N2/c1-11(2)13(14)10-15-12-8-6-4-3-5-7-9-12/h11-13,15H,3-10,14H2,1-2H3. The Morgan fingerprint density at radius 2 is 1.60 bits per heavy atom. The van der Waals surface area contributed by atoms with Crippen LogP contribution in [-0.2, 0) is 0 Å². The largest absolute Gasteiger partial charge is 0.326 e. The molecule has 3 N–H and O–H groups in total. The average Bonchev–Trinajstić information content (AvgIpc) is 2.15. The molecule has 1 atom stereocenters. The highest BCUT2D eigenvalue weighted by atomic mass is 14.9. The summed E-state index contributed by atoms with van der Waals surface area (Å²) in [4.78, 5) is 0. The number of nitrogens with one attached hydrogen (secondary N) is 1. The number of rotatable bonds is 4. The third-order valence-corrected chi connectivity index (χ3v) is 3.60. The van der Waals surface area contributed by atoms with Crippen molar-refractivity contribution in [2.75, 3.05) is 6.54 Å². The Morgan fingerprint density at radius 3 is 2.13 bits per heavy atom. The third-order valence-electron chi connectivity index (χ3n) is 3.60. The molecule has 0 bridgehead atoms.